The Morgan fingerprint density at radius 2 is 1.84 bits per heavy atom. The van der Waals surface area contributed by atoms with E-state index in [0.29, 0.717) is 24.1 Å². The summed E-state index contributed by atoms with van der Waals surface area (Å²) < 4.78 is 5.99. The molecule has 134 valence electrons. The van der Waals surface area contributed by atoms with Crippen LogP contribution in [0.5, 0.6) is 0 Å². The van der Waals surface area contributed by atoms with E-state index in [1.54, 1.807) is 0 Å². The Kier molecular flexibility index (Phi) is 5.48. The van der Waals surface area contributed by atoms with E-state index in [4.69, 9.17) is 20.4 Å². The van der Waals surface area contributed by atoms with Gasteiger partial charge in [-0.25, -0.2) is 9.59 Å². The highest BCUT2D eigenvalue weighted by atomic mass is 16.4. The number of benzene rings is 1. The van der Waals surface area contributed by atoms with Crippen LogP contribution in [0.3, 0.4) is 0 Å². The number of carbonyl (C=O) groups is 2. The van der Waals surface area contributed by atoms with E-state index in [-0.39, 0.29) is 0 Å². The molecule has 0 aliphatic carbocycles. The molecule has 0 saturated heterocycles. The van der Waals surface area contributed by atoms with E-state index >= 15 is 0 Å². The molecule has 2 heterocycles. The summed E-state index contributed by atoms with van der Waals surface area (Å²) in [7, 11) is 2.16. The molecule has 0 saturated carbocycles. The van der Waals surface area contributed by atoms with Crippen molar-refractivity contribution in [2.45, 2.75) is 25.8 Å². The largest absolute Gasteiger partial charge is 0.478 e. The zero-order chi connectivity index (χ0) is 18.7. The molecule has 1 aromatic heterocycles. The number of nitrogens with two attached hydrogens (primary N) is 1. The smallest absolute Gasteiger partial charge is 0.328 e. The van der Waals surface area contributed by atoms with Crippen LogP contribution < -0.4 is 5.73 Å². The lowest BCUT2D eigenvalue weighted by Gasteiger charge is -2.32. The number of fused-ring (bicyclic) bond motifs is 3. The third-order valence-electron chi connectivity index (χ3n) is 4.24. The molecule has 1 aliphatic heterocycles. The second-order valence-electron chi connectivity index (χ2n) is 6.16. The highest BCUT2D eigenvalue weighted by molar-refractivity contribution is 5.89. The molecule has 0 amide bonds. The number of hydrogen-bond acceptors (Lipinski definition) is 5. The standard InChI is InChI=1S/C14H18N2O.C4H4O4/c1-8-7-16(3)9(2)13-11-6-10(15)4-5-12(11)17-14(8)13;5-3(6)1-2-4(7)8/h4-6,8-9H,7,15H2,1-3H3;1-2H,(H,5,6)(H,7,8)/b;2-1+. The molecule has 3 rings (SSSR count). The normalized spacial score (nSPS) is 20.1. The van der Waals surface area contributed by atoms with Crippen LogP contribution in [0.15, 0.2) is 34.8 Å². The molecule has 0 radical (unpaired) electrons. The van der Waals surface area contributed by atoms with Crippen LogP contribution in [0.25, 0.3) is 11.0 Å². The Balaban J connectivity index is 0.000000242. The fraction of sp³-hybridized carbons (Fsp3) is 0.333. The Labute approximate surface area is 145 Å². The molecule has 4 N–H and O–H groups in total. The van der Waals surface area contributed by atoms with E-state index in [0.717, 1.165) is 23.6 Å². The summed E-state index contributed by atoms with van der Waals surface area (Å²) in [6, 6.07) is 6.29. The molecule has 1 aliphatic rings. The summed E-state index contributed by atoms with van der Waals surface area (Å²) in [5, 5.41) is 16.8. The Morgan fingerprint density at radius 1 is 1.24 bits per heavy atom. The van der Waals surface area contributed by atoms with E-state index in [1.165, 1.54) is 10.9 Å². The molecule has 7 heteroatoms. The van der Waals surface area contributed by atoms with Gasteiger partial charge in [0, 0.05) is 47.3 Å². The molecule has 0 spiro atoms. The highest BCUT2D eigenvalue weighted by Crippen LogP contribution is 2.41. The van der Waals surface area contributed by atoms with Crippen molar-refractivity contribution in [3.05, 3.63) is 41.7 Å². The predicted octanol–water partition coefficient (Wildman–Crippen LogP) is 2.84. The number of nitrogens with zero attached hydrogens (tertiary/aromatic N) is 1. The first kappa shape index (κ1) is 18.5. The van der Waals surface area contributed by atoms with Gasteiger partial charge in [0.2, 0.25) is 0 Å². The molecular weight excluding hydrogens is 324 g/mol. The fourth-order valence-corrected chi connectivity index (χ4v) is 2.99. The SMILES string of the molecule is CC1CN(C)C(C)c2c1oc1ccc(N)cc21.O=C(O)/C=C/C(=O)O. The minimum atomic E-state index is -1.26. The topological polar surface area (TPSA) is 117 Å². The lowest BCUT2D eigenvalue weighted by Crippen LogP contribution is -2.31. The maximum atomic E-state index is 9.55. The number of anilines is 1. The van der Waals surface area contributed by atoms with Gasteiger partial charge in [0.1, 0.15) is 11.3 Å². The Morgan fingerprint density at radius 3 is 2.40 bits per heavy atom. The average molecular weight is 346 g/mol. The predicted molar refractivity (Wildman–Crippen MR) is 94.5 cm³/mol. The van der Waals surface area contributed by atoms with Gasteiger partial charge in [0.25, 0.3) is 0 Å². The van der Waals surface area contributed by atoms with Crippen LogP contribution in [0.1, 0.15) is 37.1 Å². The molecule has 0 bridgehead atoms. The monoisotopic (exact) mass is 346 g/mol. The zero-order valence-corrected chi connectivity index (χ0v) is 14.4. The van der Waals surface area contributed by atoms with Gasteiger partial charge in [-0.05, 0) is 32.2 Å². The number of hydrogen-bond donors (Lipinski definition) is 3. The first-order valence-corrected chi connectivity index (χ1v) is 7.86. The van der Waals surface area contributed by atoms with Crippen molar-refractivity contribution in [1.82, 2.24) is 4.90 Å². The van der Waals surface area contributed by atoms with Crippen molar-refractivity contribution in [3.8, 4) is 0 Å². The van der Waals surface area contributed by atoms with E-state index in [2.05, 4.69) is 25.8 Å². The third kappa shape index (κ3) is 4.19. The summed E-state index contributed by atoms with van der Waals surface area (Å²) in [6.07, 6.45) is 1.12. The Bertz CT molecular complexity index is 808. The first-order chi connectivity index (χ1) is 11.7. The average Bonchev–Trinajstić information content (AvgIpc) is 2.90. The van der Waals surface area contributed by atoms with Crippen LogP contribution in [0, 0.1) is 0 Å². The van der Waals surface area contributed by atoms with Crippen molar-refractivity contribution in [1.29, 1.82) is 0 Å². The number of nitrogen functional groups attached to an aromatic ring is 1. The van der Waals surface area contributed by atoms with Crippen molar-refractivity contribution in [2.75, 3.05) is 19.3 Å². The number of rotatable bonds is 2. The molecule has 25 heavy (non-hydrogen) atoms. The van der Waals surface area contributed by atoms with Crippen LogP contribution >= 0.6 is 0 Å². The molecule has 1 aromatic carbocycles. The van der Waals surface area contributed by atoms with Crippen molar-refractivity contribution in [2.24, 2.45) is 0 Å². The van der Waals surface area contributed by atoms with E-state index in [9.17, 15) is 9.59 Å². The minimum Gasteiger partial charge on any atom is -0.478 e. The molecular formula is C18H22N2O5. The van der Waals surface area contributed by atoms with E-state index in [1.807, 2.05) is 18.2 Å². The summed E-state index contributed by atoms with van der Waals surface area (Å²) in [4.78, 5) is 21.5. The maximum Gasteiger partial charge on any atom is 0.328 e. The molecule has 7 nitrogen and oxygen atoms in total. The molecule has 2 unspecified atom stereocenters. The maximum absolute atomic E-state index is 9.55. The van der Waals surface area contributed by atoms with Gasteiger partial charge in [-0.2, -0.15) is 0 Å². The Hall–Kier alpha value is -2.80. The van der Waals surface area contributed by atoms with Gasteiger partial charge in [-0.3, -0.25) is 4.90 Å². The third-order valence-corrected chi connectivity index (χ3v) is 4.24. The second-order valence-corrected chi connectivity index (χ2v) is 6.16. The number of furan rings is 1. The number of carboxylic acids is 2. The number of carboxylic acid groups (broad SMARTS) is 2. The second kappa shape index (κ2) is 7.40. The lowest BCUT2D eigenvalue weighted by atomic mass is 9.92. The van der Waals surface area contributed by atoms with Crippen LogP contribution in [0.4, 0.5) is 5.69 Å². The van der Waals surface area contributed by atoms with Gasteiger partial charge in [0.15, 0.2) is 0 Å². The van der Waals surface area contributed by atoms with Crippen LogP contribution in [0.2, 0.25) is 0 Å². The minimum absolute atomic E-state index is 0.393. The quantitative estimate of drug-likeness (QED) is 0.565. The number of likely N-dealkylation sites (N-methyl/N-ethyl adjacent to an activating group) is 1. The van der Waals surface area contributed by atoms with Gasteiger partial charge in [0.05, 0.1) is 0 Å². The first-order valence-electron chi connectivity index (χ1n) is 7.86. The zero-order valence-electron chi connectivity index (χ0n) is 14.4. The highest BCUT2D eigenvalue weighted by Gasteiger charge is 2.31. The van der Waals surface area contributed by atoms with Crippen LogP contribution in [-0.4, -0.2) is 40.6 Å². The van der Waals surface area contributed by atoms with Gasteiger partial charge < -0.3 is 20.4 Å². The van der Waals surface area contributed by atoms with Gasteiger partial charge >= 0.3 is 11.9 Å². The molecule has 2 aromatic rings. The number of aliphatic carboxylic acids is 2. The summed E-state index contributed by atoms with van der Waals surface area (Å²) >= 11 is 0. The molecule has 0 fully saturated rings. The van der Waals surface area contributed by atoms with Gasteiger partial charge in [-0.15, -0.1) is 0 Å². The van der Waals surface area contributed by atoms with E-state index < -0.39 is 11.9 Å². The fourth-order valence-electron chi connectivity index (χ4n) is 2.99. The van der Waals surface area contributed by atoms with Crippen molar-refractivity contribution < 1.29 is 24.2 Å². The van der Waals surface area contributed by atoms with Crippen molar-refractivity contribution in [3.63, 3.8) is 0 Å². The summed E-state index contributed by atoms with van der Waals surface area (Å²) in [5.41, 5.74) is 8.95. The summed E-state index contributed by atoms with van der Waals surface area (Å²) in [5.74, 6) is -0.934. The van der Waals surface area contributed by atoms with Crippen LogP contribution in [-0.2, 0) is 9.59 Å². The van der Waals surface area contributed by atoms with Crippen molar-refractivity contribution >= 4 is 28.6 Å². The van der Waals surface area contributed by atoms with Gasteiger partial charge in [-0.1, -0.05) is 6.92 Å². The molecule has 2 atom stereocenters. The summed E-state index contributed by atoms with van der Waals surface area (Å²) in [6.45, 7) is 5.49. The lowest BCUT2D eigenvalue weighted by molar-refractivity contribution is -0.134.